The van der Waals surface area contributed by atoms with Gasteiger partial charge in [-0.3, -0.25) is 0 Å². The van der Waals surface area contributed by atoms with Crippen LogP contribution in [0.2, 0.25) is 0 Å². The second-order valence-electron chi connectivity index (χ2n) is 3.34. The van der Waals surface area contributed by atoms with Crippen molar-refractivity contribution < 1.29 is 5.11 Å². The minimum absolute atomic E-state index is 0.381. The molecule has 2 nitrogen and oxygen atoms in total. The van der Waals surface area contributed by atoms with E-state index in [0.29, 0.717) is 12.8 Å². The Morgan fingerprint density at radius 1 is 1.21 bits per heavy atom. The Balaban J connectivity index is 3.37. The van der Waals surface area contributed by atoms with Gasteiger partial charge in [-0.05, 0) is 12.8 Å². The maximum absolute atomic E-state index is 9.26. The van der Waals surface area contributed by atoms with Gasteiger partial charge in [-0.2, -0.15) is 5.26 Å². The predicted molar refractivity (Wildman–Crippen MR) is 57.4 cm³/mol. The van der Waals surface area contributed by atoms with Gasteiger partial charge in [0, 0.05) is 12.8 Å². The Bertz CT molecular complexity index is 219. The van der Waals surface area contributed by atoms with Gasteiger partial charge in [0.15, 0.2) is 0 Å². The number of nitrogens with zero attached hydrogens (tertiary/aromatic N) is 1. The van der Waals surface area contributed by atoms with Crippen LogP contribution in [0, 0.1) is 23.2 Å². The molecule has 0 heterocycles. The molecule has 0 unspecified atom stereocenters. The third-order valence-corrected chi connectivity index (χ3v) is 1.95. The van der Waals surface area contributed by atoms with Crippen LogP contribution in [-0.2, 0) is 0 Å². The molecule has 0 aliphatic rings. The van der Waals surface area contributed by atoms with Crippen molar-refractivity contribution in [1.82, 2.24) is 0 Å². The third-order valence-electron chi connectivity index (χ3n) is 1.95. The fourth-order valence-electron chi connectivity index (χ4n) is 1.10. The predicted octanol–water partition coefficient (Wildman–Crippen LogP) is 2.62. The highest BCUT2D eigenvalue weighted by molar-refractivity contribution is 5.04. The summed E-state index contributed by atoms with van der Waals surface area (Å²) in [6.45, 7) is 2.18. The monoisotopic (exact) mass is 193 g/mol. The fourth-order valence-corrected chi connectivity index (χ4v) is 1.10. The van der Waals surface area contributed by atoms with Crippen LogP contribution in [0.25, 0.3) is 0 Å². The van der Waals surface area contributed by atoms with E-state index in [1.807, 2.05) is 6.07 Å². The SMILES string of the molecule is CCCCCCC#C[C@H](O)CCC#N. The van der Waals surface area contributed by atoms with Crippen molar-refractivity contribution >= 4 is 0 Å². The molecule has 78 valence electrons. The van der Waals surface area contributed by atoms with Gasteiger partial charge >= 0.3 is 0 Å². The highest BCUT2D eigenvalue weighted by atomic mass is 16.3. The van der Waals surface area contributed by atoms with Gasteiger partial charge in [-0.15, -0.1) is 5.92 Å². The summed E-state index contributed by atoms with van der Waals surface area (Å²) in [6, 6.07) is 1.99. The lowest BCUT2D eigenvalue weighted by atomic mass is 10.1. The molecule has 0 amide bonds. The van der Waals surface area contributed by atoms with Crippen LogP contribution in [0.15, 0.2) is 0 Å². The first-order valence-electron chi connectivity index (χ1n) is 5.34. The van der Waals surface area contributed by atoms with Gasteiger partial charge in [0.05, 0.1) is 6.07 Å². The largest absolute Gasteiger partial charge is 0.380 e. The second-order valence-corrected chi connectivity index (χ2v) is 3.34. The highest BCUT2D eigenvalue weighted by Crippen LogP contribution is 2.01. The van der Waals surface area contributed by atoms with Crippen LogP contribution < -0.4 is 0 Å². The zero-order valence-corrected chi connectivity index (χ0v) is 8.92. The molecule has 0 aromatic carbocycles. The van der Waals surface area contributed by atoms with E-state index in [1.165, 1.54) is 19.3 Å². The first-order chi connectivity index (χ1) is 6.81. The minimum Gasteiger partial charge on any atom is -0.380 e. The molecule has 2 heteroatoms. The maximum atomic E-state index is 9.26. The molecule has 0 bridgehead atoms. The van der Waals surface area contributed by atoms with Crippen molar-refractivity contribution in [2.75, 3.05) is 0 Å². The number of aliphatic hydroxyl groups is 1. The number of rotatable bonds is 6. The first-order valence-corrected chi connectivity index (χ1v) is 5.34. The number of unbranched alkanes of at least 4 members (excludes halogenated alkanes) is 4. The van der Waals surface area contributed by atoms with Crippen LogP contribution in [0.4, 0.5) is 0 Å². The summed E-state index contributed by atoms with van der Waals surface area (Å²) in [5.41, 5.74) is 0. The second kappa shape index (κ2) is 10.1. The lowest BCUT2D eigenvalue weighted by Crippen LogP contribution is -2.01. The van der Waals surface area contributed by atoms with E-state index in [1.54, 1.807) is 0 Å². The summed E-state index contributed by atoms with van der Waals surface area (Å²) in [5, 5.41) is 17.5. The van der Waals surface area contributed by atoms with Crippen molar-refractivity contribution in [2.24, 2.45) is 0 Å². The summed E-state index contributed by atoms with van der Waals surface area (Å²) in [6.07, 6.45) is 5.94. The van der Waals surface area contributed by atoms with E-state index in [9.17, 15) is 5.11 Å². The van der Waals surface area contributed by atoms with E-state index in [0.717, 1.165) is 12.8 Å². The number of aliphatic hydroxyl groups excluding tert-OH is 1. The molecule has 0 spiro atoms. The summed E-state index contributed by atoms with van der Waals surface area (Å²) in [4.78, 5) is 0. The minimum atomic E-state index is -0.610. The highest BCUT2D eigenvalue weighted by Gasteiger charge is 1.96. The molecule has 0 rings (SSSR count). The van der Waals surface area contributed by atoms with Gasteiger partial charge in [0.2, 0.25) is 0 Å². The summed E-state index contributed by atoms with van der Waals surface area (Å²) in [5.74, 6) is 5.69. The Kier molecular flexibility index (Phi) is 9.38. The van der Waals surface area contributed by atoms with Gasteiger partial charge < -0.3 is 5.11 Å². The zero-order chi connectivity index (χ0) is 10.6. The summed E-state index contributed by atoms with van der Waals surface area (Å²) in [7, 11) is 0. The molecule has 14 heavy (non-hydrogen) atoms. The van der Waals surface area contributed by atoms with Gasteiger partial charge in [-0.25, -0.2) is 0 Å². The molecule has 0 saturated heterocycles. The fraction of sp³-hybridized carbons (Fsp3) is 0.750. The molecule has 1 N–H and O–H groups in total. The van der Waals surface area contributed by atoms with Crippen molar-refractivity contribution in [3.05, 3.63) is 0 Å². The Hall–Kier alpha value is -0.990. The summed E-state index contributed by atoms with van der Waals surface area (Å²) < 4.78 is 0. The lowest BCUT2D eigenvalue weighted by Gasteiger charge is -1.97. The molecular formula is C12H19NO. The number of hydrogen-bond acceptors (Lipinski definition) is 2. The van der Waals surface area contributed by atoms with Crippen LogP contribution in [0.1, 0.15) is 51.9 Å². The number of nitriles is 1. The Morgan fingerprint density at radius 3 is 2.64 bits per heavy atom. The standard InChI is InChI=1S/C12H19NO/c1-2-3-4-5-6-7-9-12(14)10-8-11-13/h12,14H,2-6,8,10H2,1H3/t12-/m0/s1. The van der Waals surface area contributed by atoms with E-state index < -0.39 is 6.10 Å². The van der Waals surface area contributed by atoms with Gasteiger partial charge in [-0.1, -0.05) is 32.1 Å². The topological polar surface area (TPSA) is 44.0 Å². The van der Waals surface area contributed by atoms with Crippen LogP contribution in [-0.4, -0.2) is 11.2 Å². The van der Waals surface area contributed by atoms with Crippen molar-refractivity contribution in [3.63, 3.8) is 0 Å². The van der Waals surface area contributed by atoms with Crippen LogP contribution >= 0.6 is 0 Å². The Morgan fingerprint density at radius 2 is 2.00 bits per heavy atom. The number of hydrogen-bond donors (Lipinski definition) is 1. The molecule has 0 aliphatic heterocycles. The molecule has 0 aliphatic carbocycles. The van der Waals surface area contributed by atoms with Crippen molar-refractivity contribution in [2.45, 2.75) is 58.0 Å². The van der Waals surface area contributed by atoms with Crippen molar-refractivity contribution in [3.8, 4) is 17.9 Å². The molecule has 0 fully saturated rings. The van der Waals surface area contributed by atoms with E-state index in [4.69, 9.17) is 5.26 Å². The lowest BCUT2D eigenvalue weighted by molar-refractivity contribution is 0.224. The van der Waals surface area contributed by atoms with Crippen molar-refractivity contribution in [1.29, 1.82) is 5.26 Å². The molecule has 0 aromatic heterocycles. The average Bonchev–Trinajstić information content (AvgIpc) is 2.20. The molecule has 0 radical (unpaired) electrons. The van der Waals surface area contributed by atoms with Crippen LogP contribution in [0.3, 0.4) is 0 Å². The molecule has 1 atom stereocenters. The summed E-state index contributed by atoms with van der Waals surface area (Å²) >= 11 is 0. The normalized spacial score (nSPS) is 11.2. The van der Waals surface area contributed by atoms with E-state index in [2.05, 4.69) is 18.8 Å². The average molecular weight is 193 g/mol. The third kappa shape index (κ3) is 9.10. The zero-order valence-electron chi connectivity index (χ0n) is 8.92. The van der Waals surface area contributed by atoms with Gasteiger partial charge in [0.1, 0.15) is 6.10 Å². The molecule has 0 aromatic rings. The quantitative estimate of drug-likeness (QED) is 0.520. The molecular weight excluding hydrogens is 174 g/mol. The van der Waals surface area contributed by atoms with Crippen LogP contribution in [0.5, 0.6) is 0 Å². The van der Waals surface area contributed by atoms with Gasteiger partial charge in [0.25, 0.3) is 0 Å². The Labute approximate surface area is 86.9 Å². The first kappa shape index (κ1) is 13.0. The molecule has 0 saturated carbocycles. The van der Waals surface area contributed by atoms with E-state index >= 15 is 0 Å². The smallest absolute Gasteiger partial charge is 0.115 e. The van der Waals surface area contributed by atoms with E-state index in [-0.39, 0.29) is 0 Å². The maximum Gasteiger partial charge on any atom is 0.115 e.